The Morgan fingerprint density at radius 1 is 1.13 bits per heavy atom. The van der Waals surface area contributed by atoms with E-state index in [1.165, 1.54) is 5.56 Å². The van der Waals surface area contributed by atoms with Gasteiger partial charge in [0, 0.05) is 17.7 Å². The smallest absolute Gasteiger partial charge is 0.322 e. The van der Waals surface area contributed by atoms with Crippen LogP contribution in [0.1, 0.15) is 58.9 Å². The van der Waals surface area contributed by atoms with Crippen LogP contribution in [-0.4, -0.2) is 17.5 Å². The number of amides is 3. The van der Waals surface area contributed by atoms with Crippen molar-refractivity contribution < 1.29 is 26.6 Å². The molecule has 1 aromatic rings. The van der Waals surface area contributed by atoms with Gasteiger partial charge in [0.1, 0.15) is 0 Å². The first kappa shape index (κ1) is 21.4. The molecule has 3 amide bonds. The van der Waals surface area contributed by atoms with Crippen LogP contribution in [0, 0.1) is 0 Å². The molecule has 0 unspecified atom stereocenters. The Labute approximate surface area is 145 Å². The number of pyridine rings is 1. The largest absolute Gasteiger partial charge is 1.00 e. The lowest BCUT2D eigenvalue weighted by molar-refractivity contribution is -0.684. The second kappa shape index (κ2) is 9.50. The Bertz CT molecular complexity index is 506. The molecule has 0 saturated heterocycles. The lowest BCUT2D eigenvalue weighted by Crippen LogP contribution is -3.00. The molecule has 0 aliphatic heterocycles. The second-order valence-electron chi connectivity index (χ2n) is 6.57. The molecule has 0 bridgehead atoms. The predicted octanol–water partition coefficient (Wildman–Crippen LogP) is -0.494. The summed E-state index contributed by atoms with van der Waals surface area (Å²) in [5.41, 5.74) is 0.918. The lowest BCUT2D eigenvalue weighted by atomic mass is 9.95. The molecule has 0 radical (unpaired) electrons. The number of carbonyl (C=O) groups is 2. The number of imide groups is 1. The number of urea groups is 1. The third-order valence-corrected chi connectivity index (χ3v) is 3.44. The maximum atomic E-state index is 11.8. The highest BCUT2D eigenvalue weighted by Gasteiger charge is 2.18. The van der Waals surface area contributed by atoms with E-state index in [0.717, 1.165) is 12.8 Å². The Balaban J connectivity index is 0.00000484. The summed E-state index contributed by atoms with van der Waals surface area (Å²) in [4.78, 5) is 23.5. The molecule has 1 rings (SSSR count). The number of carbonyl (C=O) groups excluding carboxylic acids is 2. The zero-order chi connectivity index (χ0) is 16.8. The van der Waals surface area contributed by atoms with Gasteiger partial charge in [-0.15, -0.1) is 0 Å². The zero-order valence-electron chi connectivity index (χ0n) is 14.6. The number of aromatic nitrogens is 1. The second-order valence-corrected chi connectivity index (χ2v) is 6.57. The molecule has 0 aliphatic carbocycles. The van der Waals surface area contributed by atoms with Crippen LogP contribution < -0.4 is 27.6 Å². The molecular formula is C17H28ClN3O2. The van der Waals surface area contributed by atoms with Gasteiger partial charge in [-0.3, -0.25) is 10.1 Å². The minimum atomic E-state index is -0.466. The zero-order valence-corrected chi connectivity index (χ0v) is 15.4. The molecule has 2 N–H and O–H groups in total. The van der Waals surface area contributed by atoms with Crippen LogP contribution in [-0.2, 0) is 11.3 Å². The average Bonchev–Trinajstić information content (AvgIpc) is 2.39. The molecule has 0 spiro atoms. The van der Waals surface area contributed by atoms with E-state index >= 15 is 0 Å². The summed E-state index contributed by atoms with van der Waals surface area (Å²) in [7, 11) is 0. The molecule has 0 fully saturated rings. The number of rotatable bonds is 5. The molecular weight excluding hydrogens is 314 g/mol. The highest BCUT2D eigenvalue weighted by atomic mass is 35.5. The standard InChI is InChI=1S/C17H27N3O2.ClH/c1-6-13(7-2)14-8-10-20(11-9-14)12-15(21)18-16(22)19-17(3,4)5;/h8-11,13H,6-7,12H2,1-5H3,(H-,18,19,21,22);1H. The maximum Gasteiger partial charge on any atom is 0.322 e. The number of nitrogens with zero attached hydrogens (tertiary/aromatic N) is 1. The van der Waals surface area contributed by atoms with Gasteiger partial charge in [0.05, 0.1) is 0 Å². The highest BCUT2D eigenvalue weighted by Crippen LogP contribution is 2.21. The molecule has 0 aliphatic rings. The quantitative estimate of drug-likeness (QED) is 0.710. The SMILES string of the molecule is CCC(CC)c1cc[n+](CC(=O)NC(=O)NC(C)(C)C)cc1.[Cl-]. The fraction of sp³-hybridized carbons (Fsp3) is 0.588. The van der Waals surface area contributed by atoms with Crippen molar-refractivity contribution >= 4 is 11.9 Å². The monoisotopic (exact) mass is 341 g/mol. The summed E-state index contributed by atoms with van der Waals surface area (Å²) in [5.74, 6) is 0.225. The number of halogens is 1. The summed E-state index contributed by atoms with van der Waals surface area (Å²) >= 11 is 0. The van der Waals surface area contributed by atoms with E-state index in [0.29, 0.717) is 5.92 Å². The van der Waals surface area contributed by atoms with Crippen LogP contribution in [0.3, 0.4) is 0 Å². The molecule has 0 atom stereocenters. The van der Waals surface area contributed by atoms with Crippen LogP contribution in [0.2, 0.25) is 0 Å². The summed E-state index contributed by atoms with van der Waals surface area (Å²) in [6.45, 7) is 10.1. The molecule has 6 heteroatoms. The molecule has 23 heavy (non-hydrogen) atoms. The van der Waals surface area contributed by atoms with Crippen LogP contribution >= 0.6 is 0 Å². The Kier molecular flexibility index (Phi) is 8.83. The first-order valence-electron chi connectivity index (χ1n) is 7.86. The van der Waals surface area contributed by atoms with Gasteiger partial charge in [0.2, 0.25) is 6.54 Å². The van der Waals surface area contributed by atoms with Gasteiger partial charge in [-0.05, 0) is 45.1 Å². The van der Waals surface area contributed by atoms with E-state index in [2.05, 4.69) is 24.5 Å². The summed E-state index contributed by atoms with van der Waals surface area (Å²) < 4.78 is 1.77. The van der Waals surface area contributed by atoms with Crippen molar-refractivity contribution in [3.05, 3.63) is 30.1 Å². The Hall–Kier alpha value is -1.62. The van der Waals surface area contributed by atoms with E-state index in [1.807, 2.05) is 45.3 Å². The van der Waals surface area contributed by atoms with Crippen molar-refractivity contribution in [3.8, 4) is 0 Å². The van der Waals surface area contributed by atoms with Crippen molar-refractivity contribution in [1.29, 1.82) is 0 Å². The molecule has 0 aromatic carbocycles. The third kappa shape index (κ3) is 7.98. The van der Waals surface area contributed by atoms with Crippen molar-refractivity contribution in [3.63, 3.8) is 0 Å². The average molecular weight is 342 g/mol. The summed E-state index contributed by atoms with van der Waals surface area (Å²) in [6.07, 6.45) is 5.98. The van der Waals surface area contributed by atoms with E-state index in [-0.39, 0.29) is 30.4 Å². The van der Waals surface area contributed by atoms with Crippen molar-refractivity contribution in [1.82, 2.24) is 10.6 Å². The number of nitrogens with one attached hydrogen (secondary N) is 2. The number of hydrogen-bond donors (Lipinski definition) is 2. The molecule has 0 saturated carbocycles. The van der Waals surface area contributed by atoms with Gasteiger partial charge in [-0.25, -0.2) is 4.79 Å². The Morgan fingerprint density at radius 3 is 2.09 bits per heavy atom. The molecule has 5 nitrogen and oxygen atoms in total. The fourth-order valence-corrected chi connectivity index (χ4v) is 2.31. The van der Waals surface area contributed by atoms with Crippen LogP contribution in [0.5, 0.6) is 0 Å². The van der Waals surface area contributed by atoms with E-state index in [4.69, 9.17) is 0 Å². The van der Waals surface area contributed by atoms with Gasteiger partial charge in [-0.1, -0.05) is 13.8 Å². The highest BCUT2D eigenvalue weighted by molar-refractivity contribution is 5.93. The minimum absolute atomic E-state index is 0. The van der Waals surface area contributed by atoms with Gasteiger partial charge in [0.15, 0.2) is 12.4 Å². The topological polar surface area (TPSA) is 62.1 Å². The lowest BCUT2D eigenvalue weighted by Gasteiger charge is -2.19. The number of hydrogen-bond acceptors (Lipinski definition) is 2. The minimum Gasteiger partial charge on any atom is -1.00 e. The third-order valence-electron chi connectivity index (χ3n) is 3.44. The Morgan fingerprint density at radius 2 is 1.65 bits per heavy atom. The summed E-state index contributed by atoms with van der Waals surface area (Å²) in [5, 5.41) is 5.03. The predicted molar refractivity (Wildman–Crippen MR) is 86.4 cm³/mol. The van der Waals surface area contributed by atoms with Gasteiger partial charge >= 0.3 is 6.03 Å². The normalized spacial score (nSPS) is 10.9. The van der Waals surface area contributed by atoms with Crippen molar-refractivity contribution in [2.24, 2.45) is 0 Å². The first-order valence-corrected chi connectivity index (χ1v) is 7.86. The van der Waals surface area contributed by atoms with Gasteiger partial charge in [0.25, 0.3) is 5.91 Å². The van der Waals surface area contributed by atoms with Crippen molar-refractivity contribution in [2.75, 3.05) is 0 Å². The van der Waals surface area contributed by atoms with Crippen molar-refractivity contribution in [2.45, 2.75) is 65.5 Å². The maximum absolute atomic E-state index is 11.8. The molecule has 1 heterocycles. The summed E-state index contributed by atoms with van der Waals surface area (Å²) in [6, 6.07) is 3.62. The van der Waals surface area contributed by atoms with Gasteiger partial charge < -0.3 is 17.7 Å². The van der Waals surface area contributed by atoms with Crippen LogP contribution in [0.15, 0.2) is 24.5 Å². The molecule has 130 valence electrons. The van der Waals surface area contributed by atoms with Crippen LogP contribution in [0.4, 0.5) is 4.79 Å². The van der Waals surface area contributed by atoms with E-state index in [1.54, 1.807) is 4.57 Å². The van der Waals surface area contributed by atoms with Crippen LogP contribution in [0.25, 0.3) is 0 Å². The first-order chi connectivity index (χ1) is 10.2. The van der Waals surface area contributed by atoms with E-state index < -0.39 is 6.03 Å². The van der Waals surface area contributed by atoms with E-state index in [9.17, 15) is 9.59 Å². The van der Waals surface area contributed by atoms with Gasteiger partial charge in [-0.2, -0.15) is 4.57 Å². The fourth-order valence-electron chi connectivity index (χ4n) is 2.31. The molecule has 1 aromatic heterocycles.